The highest BCUT2D eigenvalue weighted by atomic mass is 19.4. The number of nitriles is 1. The van der Waals surface area contributed by atoms with E-state index in [2.05, 4.69) is 34.0 Å². The van der Waals surface area contributed by atoms with Crippen LogP contribution in [0.25, 0.3) is 0 Å². The van der Waals surface area contributed by atoms with Crippen LogP contribution in [0.4, 0.5) is 24.8 Å². The van der Waals surface area contributed by atoms with Gasteiger partial charge in [0.2, 0.25) is 5.95 Å². The normalized spacial score (nSPS) is 12.9. The van der Waals surface area contributed by atoms with Crippen molar-refractivity contribution in [3.8, 4) is 6.07 Å². The Hall–Kier alpha value is -4.07. The van der Waals surface area contributed by atoms with E-state index in [1.54, 1.807) is 18.1 Å². The van der Waals surface area contributed by atoms with Gasteiger partial charge in [-0.1, -0.05) is 6.07 Å². The van der Waals surface area contributed by atoms with Gasteiger partial charge in [-0.05, 0) is 92.0 Å². The van der Waals surface area contributed by atoms with E-state index in [0.717, 1.165) is 68.6 Å². The molecule has 4 rings (SSSR count). The van der Waals surface area contributed by atoms with E-state index >= 15 is 0 Å². The van der Waals surface area contributed by atoms with E-state index in [0.29, 0.717) is 30.9 Å². The number of esters is 1. The fraction of sp³-hybridized carbons (Fsp3) is 0.484. The maximum Gasteiger partial charge on any atom is 0.416 e. The molecule has 0 atom stereocenters. The highest BCUT2D eigenvalue weighted by Gasteiger charge is 2.31. The zero-order valence-electron chi connectivity index (χ0n) is 24.4. The van der Waals surface area contributed by atoms with Crippen LogP contribution in [0.3, 0.4) is 0 Å². The molecule has 1 heterocycles. The molecule has 0 unspecified atom stereocenters. The number of rotatable bonds is 12. The number of fused-ring (bicyclic) bond motifs is 1. The summed E-state index contributed by atoms with van der Waals surface area (Å²) in [5.74, 6) is 0.165. The summed E-state index contributed by atoms with van der Waals surface area (Å²) in [6.45, 7) is 4.05. The first kappa shape index (κ1) is 30.9. The van der Waals surface area contributed by atoms with Crippen LogP contribution in [0.1, 0.15) is 72.4 Å². The molecule has 3 aromatic rings. The van der Waals surface area contributed by atoms with Gasteiger partial charge in [-0.3, -0.25) is 9.48 Å². The summed E-state index contributed by atoms with van der Waals surface area (Å²) in [7, 11) is 3.13. The van der Waals surface area contributed by atoms with E-state index in [9.17, 15) is 23.2 Å². The minimum atomic E-state index is -4.57. The molecular weight excluding hydrogens is 545 g/mol. The van der Waals surface area contributed by atoms with Gasteiger partial charge in [-0.25, -0.2) is 4.98 Å². The van der Waals surface area contributed by atoms with Crippen molar-refractivity contribution in [3.63, 3.8) is 0 Å². The number of hydrogen-bond acceptors (Lipinski definition) is 7. The van der Waals surface area contributed by atoms with Crippen LogP contribution in [0.15, 0.2) is 36.7 Å². The van der Waals surface area contributed by atoms with Crippen LogP contribution in [0, 0.1) is 11.3 Å². The molecule has 224 valence electrons. The summed E-state index contributed by atoms with van der Waals surface area (Å²) in [5, 5.41) is 13.9. The molecule has 42 heavy (non-hydrogen) atoms. The number of aryl methyl sites for hydroxylation is 3. The number of hydrogen-bond donors (Lipinski definition) is 0. The SMILES string of the molecule is CCN(CCCCC(=O)OC)c1cc2c(cc1CN(Cc1cc(C#N)cc(C(F)(F)F)c1)c1ncn(C)n1)CCCC2. The molecule has 0 saturated carbocycles. The van der Waals surface area contributed by atoms with E-state index < -0.39 is 11.7 Å². The summed E-state index contributed by atoms with van der Waals surface area (Å²) in [5.41, 5.74) is 4.16. The van der Waals surface area contributed by atoms with E-state index in [1.807, 2.05) is 11.0 Å². The summed E-state index contributed by atoms with van der Waals surface area (Å²) in [6, 6.07) is 9.78. The third-order valence-corrected chi connectivity index (χ3v) is 7.61. The molecule has 11 heteroatoms. The van der Waals surface area contributed by atoms with E-state index in [-0.39, 0.29) is 18.1 Å². The number of unbranched alkanes of at least 4 members (excludes halogenated alkanes) is 1. The Balaban J connectivity index is 1.70. The number of aromatic nitrogens is 3. The quantitative estimate of drug-likeness (QED) is 0.192. The van der Waals surface area contributed by atoms with Gasteiger partial charge >= 0.3 is 12.1 Å². The minimum Gasteiger partial charge on any atom is -0.469 e. The minimum absolute atomic E-state index is 0.0488. The third-order valence-electron chi connectivity index (χ3n) is 7.61. The Morgan fingerprint density at radius 2 is 1.81 bits per heavy atom. The van der Waals surface area contributed by atoms with Crippen molar-refractivity contribution < 1.29 is 22.7 Å². The number of carbonyl (C=O) groups excluding carboxylic acids is 1. The fourth-order valence-corrected chi connectivity index (χ4v) is 5.48. The smallest absolute Gasteiger partial charge is 0.416 e. The molecule has 2 aromatic carbocycles. The molecule has 0 saturated heterocycles. The van der Waals surface area contributed by atoms with Gasteiger partial charge in [0.25, 0.3) is 0 Å². The van der Waals surface area contributed by atoms with Crippen LogP contribution in [0.5, 0.6) is 0 Å². The first-order valence-corrected chi connectivity index (χ1v) is 14.3. The summed E-state index contributed by atoms with van der Waals surface area (Å²) in [4.78, 5) is 20.2. The number of methoxy groups -OCH3 is 1. The van der Waals surface area contributed by atoms with Crippen LogP contribution in [0.2, 0.25) is 0 Å². The lowest BCUT2D eigenvalue weighted by molar-refractivity contribution is -0.140. The fourth-order valence-electron chi connectivity index (χ4n) is 5.48. The van der Waals surface area contributed by atoms with E-state index in [4.69, 9.17) is 4.74 Å². The molecule has 0 aliphatic heterocycles. The van der Waals surface area contributed by atoms with Crippen molar-refractivity contribution >= 4 is 17.6 Å². The second-order valence-corrected chi connectivity index (χ2v) is 10.7. The Morgan fingerprint density at radius 3 is 2.43 bits per heavy atom. The molecule has 8 nitrogen and oxygen atoms in total. The molecule has 0 amide bonds. The van der Waals surface area contributed by atoms with Gasteiger partial charge in [0, 0.05) is 45.3 Å². The van der Waals surface area contributed by atoms with Crippen molar-refractivity contribution in [1.29, 1.82) is 5.26 Å². The molecule has 0 radical (unpaired) electrons. The van der Waals surface area contributed by atoms with Crippen LogP contribution in [-0.4, -0.2) is 40.9 Å². The number of nitrogens with zero attached hydrogens (tertiary/aromatic N) is 6. The molecular formula is C31H37F3N6O2. The molecule has 1 aliphatic rings. The number of benzene rings is 2. The Kier molecular flexibility index (Phi) is 10.1. The average molecular weight is 583 g/mol. The average Bonchev–Trinajstić information content (AvgIpc) is 3.42. The Labute approximate surface area is 244 Å². The van der Waals surface area contributed by atoms with Gasteiger partial charge in [0.1, 0.15) is 6.33 Å². The van der Waals surface area contributed by atoms with Gasteiger partial charge in [0.15, 0.2) is 0 Å². The maximum atomic E-state index is 13.6. The lowest BCUT2D eigenvalue weighted by atomic mass is 9.89. The first-order valence-electron chi connectivity index (χ1n) is 14.3. The van der Waals surface area contributed by atoms with Gasteiger partial charge in [-0.2, -0.15) is 18.4 Å². The number of anilines is 2. The number of ether oxygens (including phenoxy) is 1. The topological polar surface area (TPSA) is 87.3 Å². The monoisotopic (exact) mass is 582 g/mol. The second kappa shape index (κ2) is 13.7. The van der Waals surface area contributed by atoms with Gasteiger partial charge in [-0.15, -0.1) is 5.10 Å². The van der Waals surface area contributed by atoms with Crippen molar-refractivity contribution in [2.75, 3.05) is 30.0 Å². The largest absolute Gasteiger partial charge is 0.469 e. The molecule has 0 spiro atoms. The first-order chi connectivity index (χ1) is 20.1. The summed E-state index contributed by atoms with van der Waals surface area (Å²) >= 11 is 0. The lowest BCUT2D eigenvalue weighted by Gasteiger charge is -2.31. The second-order valence-electron chi connectivity index (χ2n) is 10.7. The molecule has 0 fully saturated rings. The molecule has 0 N–H and O–H groups in total. The number of alkyl halides is 3. The van der Waals surface area contributed by atoms with Crippen LogP contribution in [-0.2, 0) is 48.7 Å². The van der Waals surface area contributed by atoms with Crippen molar-refractivity contribution in [3.05, 3.63) is 70.0 Å². The van der Waals surface area contributed by atoms with E-state index in [1.165, 1.54) is 24.3 Å². The van der Waals surface area contributed by atoms with Crippen LogP contribution < -0.4 is 9.80 Å². The lowest BCUT2D eigenvalue weighted by Crippen LogP contribution is -2.29. The highest BCUT2D eigenvalue weighted by Crippen LogP contribution is 2.34. The van der Waals surface area contributed by atoms with Gasteiger partial charge in [0.05, 0.1) is 24.3 Å². The molecule has 0 bridgehead atoms. The van der Waals surface area contributed by atoms with Crippen molar-refractivity contribution in [1.82, 2.24) is 14.8 Å². The molecule has 1 aromatic heterocycles. The third kappa shape index (κ3) is 7.81. The zero-order chi connectivity index (χ0) is 30.3. The Morgan fingerprint density at radius 1 is 1.07 bits per heavy atom. The predicted octanol–water partition coefficient (Wildman–Crippen LogP) is 5.96. The van der Waals surface area contributed by atoms with Crippen molar-refractivity contribution in [2.24, 2.45) is 7.05 Å². The maximum absolute atomic E-state index is 13.6. The Bertz CT molecular complexity index is 1430. The zero-order valence-corrected chi connectivity index (χ0v) is 24.4. The molecule has 1 aliphatic carbocycles. The summed E-state index contributed by atoms with van der Waals surface area (Å²) < 4.78 is 47.3. The summed E-state index contributed by atoms with van der Waals surface area (Å²) in [6.07, 6.45) is 3.12. The standard InChI is InChI=1S/C31H37F3N6O2/c1-4-39(12-8-7-11-29(41)42-3)28-17-25-10-6-5-9-24(25)16-26(28)20-40(30-36-21-38(2)37-30)19-23-13-22(18-35)14-27(15-23)31(32,33)34/h13-17,21H,4-12,19-20H2,1-3H3. The number of halogens is 3. The highest BCUT2D eigenvalue weighted by molar-refractivity contribution is 5.69. The number of carbonyl (C=O) groups is 1. The van der Waals surface area contributed by atoms with Crippen LogP contribution >= 0.6 is 0 Å². The van der Waals surface area contributed by atoms with Gasteiger partial charge < -0.3 is 14.5 Å². The van der Waals surface area contributed by atoms with Crippen molar-refractivity contribution in [2.45, 2.75) is 71.1 Å². The predicted molar refractivity (Wildman–Crippen MR) is 154 cm³/mol.